The van der Waals surface area contributed by atoms with Gasteiger partial charge in [-0.05, 0) is 43.2 Å². The molecule has 190 valence electrons. The summed E-state index contributed by atoms with van der Waals surface area (Å²) in [5, 5.41) is 2.95. The maximum Gasteiger partial charge on any atom is 0.338 e. The molecule has 1 fully saturated rings. The molecule has 0 aliphatic carbocycles. The molecule has 0 radical (unpaired) electrons. The predicted molar refractivity (Wildman–Crippen MR) is 133 cm³/mol. The number of ether oxygens (including phenoxy) is 1. The predicted octanol–water partition coefficient (Wildman–Crippen LogP) is 3.11. The maximum absolute atomic E-state index is 13.6. The minimum absolute atomic E-state index is 0.214. The van der Waals surface area contributed by atoms with E-state index in [1.807, 2.05) is 31.2 Å². The number of benzene rings is 2. The smallest absolute Gasteiger partial charge is 0.338 e. The Morgan fingerprint density at radius 1 is 1.08 bits per heavy atom. The third-order valence-corrected chi connectivity index (χ3v) is 6.68. The minimum atomic E-state index is -0.625. The number of aryl methyl sites for hydroxylation is 1. The van der Waals surface area contributed by atoms with Crippen LogP contribution < -0.4 is 5.32 Å². The van der Waals surface area contributed by atoms with Gasteiger partial charge >= 0.3 is 12.0 Å². The van der Waals surface area contributed by atoms with Crippen LogP contribution in [0.1, 0.15) is 34.5 Å². The Bertz CT molecular complexity index is 1190. The van der Waals surface area contributed by atoms with Crippen LogP contribution in [0.25, 0.3) is 0 Å². The van der Waals surface area contributed by atoms with Crippen molar-refractivity contribution in [2.75, 3.05) is 46.4 Å². The Balaban J connectivity index is 1.57. The second kappa shape index (κ2) is 10.9. The van der Waals surface area contributed by atoms with Gasteiger partial charge in [-0.1, -0.05) is 30.3 Å². The molecule has 3 amide bonds. The summed E-state index contributed by atoms with van der Waals surface area (Å²) in [4.78, 5) is 44.1. The Labute approximate surface area is 210 Å². The topological polar surface area (TPSA) is 82.2 Å². The van der Waals surface area contributed by atoms with Crippen LogP contribution in [0.3, 0.4) is 0 Å². The van der Waals surface area contributed by atoms with Crippen LogP contribution in [-0.2, 0) is 9.53 Å². The average Bonchev–Trinajstić information content (AvgIpc) is 2.87. The number of nitrogens with one attached hydrogen (secondary N) is 1. The summed E-state index contributed by atoms with van der Waals surface area (Å²) in [6.07, 6.45) is 0. The van der Waals surface area contributed by atoms with Crippen LogP contribution in [0.5, 0.6) is 0 Å². The van der Waals surface area contributed by atoms with E-state index in [-0.39, 0.29) is 18.5 Å². The number of hydrogen-bond donors (Lipinski definition) is 1. The molecule has 2 aliphatic rings. The van der Waals surface area contributed by atoms with Crippen molar-refractivity contribution in [2.45, 2.75) is 19.9 Å². The van der Waals surface area contributed by atoms with Gasteiger partial charge in [0.2, 0.25) is 0 Å². The Kier molecular flexibility index (Phi) is 7.69. The Hall–Kier alpha value is -3.72. The molecule has 36 heavy (non-hydrogen) atoms. The van der Waals surface area contributed by atoms with E-state index >= 15 is 0 Å². The number of piperazine rings is 1. The molecule has 8 nitrogen and oxygen atoms in total. The number of hydrogen-bond acceptors (Lipinski definition) is 5. The fraction of sp³-hybridized carbons (Fsp3) is 0.370. The lowest BCUT2D eigenvalue weighted by molar-refractivity contribution is -0.139. The first kappa shape index (κ1) is 25.4. The zero-order valence-electron chi connectivity index (χ0n) is 20.8. The number of urea groups is 1. The van der Waals surface area contributed by atoms with E-state index in [1.54, 1.807) is 24.9 Å². The third-order valence-electron chi connectivity index (χ3n) is 6.68. The molecule has 9 heteroatoms. The van der Waals surface area contributed by atoms with Crippen LogP contribution in [0.2, 0.25) is 0 Å². The van der Waals surface area contributed by atoms with Gasteiger partial charge in [0.15, 0.2) is 0 Å². The highest BCUT2D eigenvalue weighted by Crippen LogP contribution is 2.33. The number of carbonyl (C=O) groups excluding carboxylic acids is 3. The first-order valence-corrected chi connectivity index (χ1v) is 12.1. The van der Waals surface area contributed by atoms with Crippen molar-refractivity contribution in [3.8, 4) is 0 Å². The molecule has 2 aromatic carbocycles. The number of likely N-dealkylation sites (N-methyl/N-ethyl adjacent to an activating group) is 1. The van der Waals surface area contributed by atoms with Crippen molar-refractivity contribution in [3.63, 3.8) is 0 Å². The molecule has 0 bridgehead atoms. The monoisotopic (exact) mass is 494 g/mol. The van der Waals surface area contributed by atoms with Crippen LogP contribution in [0, 0.1) is 12.7 Å². The number of amides is 3. The van der Waals surface area contributed by atoms with Crippen molar-refractivity contribution in [1.82, 2.24) is 20.0 Å². The molecule has 1 atom stereocenters. The van der Waals surface area contributed by atoms with Crippen molar-refractivity contribution < 1.29 is 23.5 Å². The normalized spacial score (nSPS) is 18.8. The lowest BCUT2D eigenvalue weighted by atomic mass is 9.91. The largest absolute Gasteiger partial charge is 0.463 e. The van der Waals surface area contributed by atoms with E-state index in [0.29, 0.717) is 49.6 Å². The lowest BCUT2D eigenvalue weighted by Crippen LogP contribution is -2.53. The highest BCUT2D eigenvalue weighted by atomic mass is 19.1. The highest BCUT2D eigenvalue weighted by molar-refractivity contribution is 5.95. The lowest BCUT2D eigenvalue weighted by Gasteiger charge is -2.39. The molecule has 2 aliphatic heterocycles. The highest BCUT2D eigenvalue weighted by Gasteiger charge is 2.38. The van der Waals surface area contributed by atoms with Crippen molar-refractivity contribution >= 4 is 17.9 Å². The first-order chi connectivity index (χ1) is 17.3. The number of halogens is 1. The zero-order valence-corrected chi connectivity index (χ0v) is 20.8. The van der Waals surface area contributed by atoms with Gasteiger partial charge in [0, 0.05) is 51.0 Å². The SMILES string of the molecule is CCOC(=O)C1=C(CN2CCN(C(=O)c3cccc(F)c3)CC2)N(C)C(=O)NC1c1ccccc1C. The van der Waals surface area contributed by atoms with Crippen LogP contribution in [-0.4, -0.2) is 79.0 Å². The van der Waals surface area contributed by atoms with Crippen molar-refractivity contribution in [2.24, 2.45) is 0 Å². The Morgan fingerprint density at radius 3 is 2.47 bits per heavy atom. The fourth-order valence-corrected chi connectivity index (χ4v) is 4.67. The van der Waals surface area contributed by atoms with Gasteiger partial charge in [0.1, 0.15) is 5.82 Å². The third kappa shape index (κ3) is 5.26. The molecule has 0 saturated carbocycles. The van der Waals surface area contributed by atoms with E-state index in [1.165, 1.54) is 23.1 Å². The second-order valence-electron chi connectivity index (χ2n) is 8.96. The zero-order chi connectivity index (χ0) is 25.8. The number of carbonyl (C=O) groups is 3. The van der Waals surface area contributed by atoms with Crippen molar-refractivity contribution in [3.05, 3.63) is 82.3 Å². The molecule has 1 N–H and O–H groups in total. The number of rotatable bonds is 6. The van der Waals surface area contributed by atoms with Crippen LogP contribution >= 0.6 is 0 Å². The standard InChI is InChI=1S/C27H31FN4O4/c1-4-36-26(34)23-22(30(3)27(35)29-24(23)21-11-6-5-8-18(21)2)17-31-12-14-32(15-13-31)25(33)19-9-7-10-20(28)16-19/h5-11,16,24H,4,12-15,17H2,1-3H3,(H,29,35). The maximum atomic E-state index is 13.6. The van der Waals surface area contributed by atoms with Gasteiger partial charge in [-0.15, -0.1) is 0 Å². The molecule has 2 aromatic rings. The van der Waals surface area contributed by atoms with Gasteiger partial charge in [0.25, 0.3) is 5.91 Å². The quantitative estimate of drug-likeness (QED) is 0.624. The molecule has 1 saturated heterocycles. The summed E-state index contributed by atoms with van der Waals surface area (Å²) in [5.41, 5.74) is 3.10. The summed E-state index contributed by atoms with van der Waals surface area (Å²) in [6.45, 7) is 6.26. The minimum Gasteiger partial charge on any atom is -0.463 e. The summed E-state index contributed by atoms with van der Waals surface area (Å²) >= 11 is 0. The summed E-state index contributed by atoms with van der Waals surface area (Å²) in [6, 6.07) is 12.4. The second-order valence-corrected chi connectivity index (χ2v) is 8.96. The van der Waals surface area contributed by atoms with Gasteiger partial charge in [-0.3, -0.25) is 14.6 Å². The summed E-state index contributed by atoms with van der Waals surface area (Å²) < 4.78 is 19.0. The molecular weight excluding hydrogens is 463 g/mol. The molecule has 1 unspecified atom stereocenters. The number of nitrogens with zero attached hydrogens (tertiary/aromatic N) is 3. The molecule has 0 spiro atoms. The molecule has 0 aromatic heterocycles. The molecule has 2 heterocycles. The van der Waals surface area contributed by atoms with E-state index in [0.717, 1.165) is 11.1 Å². The Morgan fingerprint density at radius 2 is 1.81 bits per heavy atom. The van der Waals surface area contributed by atoms with Gasteiger partial charge in [0.05, 0.1) is 18.2 Å². The van der Waals surface area contributed by atoms with Gasteiger partial charge < -0.3 is 15.0 Å². The molecule has 4 rings (SSSR count). The molecular formula is C27H31FN4O4. The number of esters is 1. The summed E-state index contributed by atoms with van der Waals surface area (Å²) in [7, 11) is 1.64. The van der Waals surface area contributed by atoms with E-state index in [9.17, 15) is 18.8 Å². The van der Waals surface area contributed by atoms with Crippen LogP contribution in [0.4, 0.5) is 9.18 Å². The van der Waals surface area contributed by atoms with E-state index in [4.69, 9.17) is 4.74 Å². The first-order valence-electron chi connectivity index (χ1n) is 12.1. The van der Waals surface area contributed by atoms with E-state index < -0.39 is 17.8 Å². The van der Waals surface area contributed by atoms with Gasteiger partial charge in [-0.2, -0.15) is 0 Å². The van der Waals surface area contributed by atoms with Gasteiger partial charge in [-0.25, -0.2) is 14.0 Å². The summed E-state index contributed by atoms with van der Waals surface area (Å²) in [5.74, 6) is -1.12. The van der Waals surface area contributed by atoms with E-state index in [2.05, 4.69) is 10.2 Å². The van der Waals surface area contributed by atoms with Crippen molar-refractivity contribution in [1.29, 1.82) is 0 Å². The van der Waals surface area contributed by atoms with Crippen LogP contribution in [0.15, 0.2) is 59.8 Å². The fourth-order valence-electron chi connectivity index (χ4n) is 4.67. The average molecular weight is 495 g/mol.